The van der Waals surface area contributed by atoms with Crippen molar-refractivity contribution in [1.82, 2.24) is 0 Å². The van der Waals surface area contributed by atoms with Gasteiger partial charge in [0.2, 0.25) is 0 Å². The monoisotopic (exact) mass is 286 g/mol. The Morgan fingerprint density at radius 1 is 1.25 bits per heavy atom. The fraction of sp³-hybridized carbons (Fsp3) is 0.294. The van der Waals surface area contributed by atoms with Crippen LogP contribution in [0.1, 0.15) is 18.1 Å². The van der Waals surface area contributed by atoms with Crippen molar-refractivity contribution in [2.45, 2.75) is 19.9 Å². The largest absolute Gasteiger partial charge is 0.398 e. The molecule has 1 heterocycles. The van der Waals surface area contributed by atoms with Gasteiger partial charge in [0.15, 0.2) is 0 Å². The van der Waals surface area contributed by atoms with Crippen molar-refractivity contribution < 1.29 is 0 Å². The number of para-hydroxylation sites is 1. The van der Waals surface area contributed by atoms with Crippen LogP contribution in [0.25, 0.3) is 0 Å². The third-order valence-corrected chi connectivity index (χ3v) is 4.13. The molecule has 0 aliphatic carbocycles. The summed E-state index contributed by atoms with van der Waals surface area (Å²) in [5.74, 6) is 0.658. The summed E-state index contributed by atoms with van der Waals surface area (Å²) in [6.45, 7) is 4.17. The summed E-state index contributed by atoms with van der Waals surface area (Å²) in [6, 6.07) is 14.3. The molecule has 20 heavy (non-hydrogen) atoms. The van der Waals surface area contributed by atoms with E-state index in [2.05, 4.69) is 36.1 Å². The number of halogens is 1. The van der Waals surface area contributed by atoms with E-state index < -0.39 is 0 Å². The van der Waals surface area contributed by atoms with Crippen LogP contribution in [-0.4, -0.2) is 6.54 Å². The maximum absolute atomic E-state index is 6.09. The Bertz CT molecular complexity index is 624. The summed E-state index contributed by atoms with van der Waals surface area (Å²) in [5.41, 5.74) is 10.7. The van der Waals surface area contributed by atoms with E-state index in [1.54, 1.807) is 0 Å². The van der Waals surface area contributed by atoms with Gasteiger partial charge in [-0.15, -0.1) is 0 Å². The molecule has 0 amide bonds. The predicted octanol–water partition coefficient (Wildman–Crippen LogP) is 4.12. The molecule has 1 aliphatic rings. The van der Waals surface area contributed by atoms with Crippen molar-refractivity contribution in [1.29, 1.82) is 0 Å². The number of nitrogens with two attached hydrogens (primary N) is 1. The highest BCUT2D eigenvalue weighted by Crippen LogP contribution is 2.31. The van der Waals surface area contributed by atoms with Crippen molar-refractivity contribution in [2.75, 3.05) is 17.2 Å². The summed E-state index contributed by atoms with van der Waals surface area (Å²) in [5, 5.41) is 0.743. The summed E-state index contributed by atoms with van der Waals surface area (Å²) in [7, 11) is 0. The number of rotatable bonds is 2. The molecule has 0 aromatic heterocycles. The number of anilines is 2. The Labute approximate surface area is 125 Å². The SMILES string of the molecule is CC1Cc2ccccc2N(Cc2cc(Cl)ccc2N)C1. The summed E-state index contributed by atoms with van der Waals surface area (Å²) in [4.78, 5) is 2.41. The summed E-state index contributed by atoms with van der Waals surface area (Å²) in [6.07, 6.45) is 1.15. The molecule has 2 N–H and O–H groups in total. The Balaban J connectivity index is 1.93. The van der Waals surface area contributed by atoms with Gasteiger partial charge in [-0.2, -0.15) is 0 Å². The second-order valence-corrected chi connectivity index (χ2v) is 6.10. The molecule has 2 aromatic rings. The molecule has 1 unspecified atom stereocenters. The predicted molar refractivity (Wildman–Crippen MR) is 86.2 cm³/mol. The molecule has 104 valence electrons. The van der Waals surface area contributed by atoms with E-state index in [0.717, 1.165) is 35.8 Å². The first kappa shape index (κ1) is 13.3. The first-order valence-corrected chi connectivity index (χ1v) is 7.38. The molecule has 2 nitrogen and oxygen atoms in total. The van der Waals surface area contributed by atoms with Gasteiger partial charge in [0.05, 0.1) is 0 Å². The maximum Gasteiger partial charge on any atom is 0.0450 e. The molecule has 0 saturated carbocycles. The third kappa shape index (κ3) is 2.61. The molecule has 0 saturated heterocycles. The van der Waals surface area contributed by atoms with Gasteiger partial charge in [-0.25, -0.2) is 0 Å². The molecule has 1 atom stereocenters. The van der Waals surface area contributed by atoms with E-state index in [4.69, 9.17) is 17.3 Å². The third-order valence-electron chi connectivity index (χ3n) is 3.90. The van der Waals surface area contributed by atoms with Crippen molar-refractivity contribution in [3.05, 3.63) is 58.6 Å². The van der Waals surface area contributed by atoms with Crippen LogP contribution in [-0.2, 0) is 13.0 Å². The zero-order valence-electron chi connectivity index (χ0n) is 11.6. The van der Waals surface area contributed by atoms with Crippen LogP contribution in [0.15, 0.2) is 42.5 Å². The molecule has 0 bridgehead atoms. The average Bonchev–Trinajstić information content (AvgIpc) is 2.43. The number of hydrogen-bond acceptors (Lipinski definition) is 2. The molecule has 0 radical (unpaired) electrons. The van der Waals surface area contributed by atoms with Crippen LogP contribution in [0, 0.1) is 5.92 Å². The number of nitrogens with zero attached hydrogens (tertiary/aromatic N) is 1. The van der Waals surface area contributed by atoms with Crippen LogP contribution < -0.4 is 10.6 Å². The first-order valence-electron chi connectivity index (χ1n) is 7.00. The van der Waals surface area contributed by atoms with E-state index in [1.807, 2.05) is 18.2 Å². The van der Waals surface area contributed by atoms with Crippen molar-refractivity contribution in [2.24, 2.45) is 5.92 Å². The number of benzene rings is 2. The van der Waals surface area contributed by atoms with Gasteiger partial charge in [0, 0.05) is 29.5 Å². The van der Waals surface area contributed by atoms with Gasteiger partial charge in [-0.3, -0.25) is 0 Å². The molecule has 0 fully saturated rings. The highest BCUT2D eigenvalue weighted by Gasteiger charge is 2.21. The zero-order chi connectivity index (χ0) is 14.1. The Kier molecular flexibility index (Phi) is 3.58. The highest BCUT2D eigenvalue weighted by molar-refractivity contribution is 6.30. The van der Waals surface area contributed by atoms with E-state index in [0.29, 0.717) is 5.92 Å². The van der Waals surface area contributed by atoms with E-state index in [9.17, 15) is 0 Å². The molecular weight excluding hydrogens is 268 g/mol. The van der Waals surface area contributed by atoms with Crippen LogP contribution >= 0.6 is 11.6 Å². The number of hydrogen-bond donors (Lipinski definition) is 1. The van der Waals surface area contributed by atoms with Crippen molar-refractivity contribution >= 4 is 23.0 Å². The van der Waals surface area contributed by atoms with Crippen molar-refractivity contribution in [3.63, 3.8) is 0 Å². The lowest BCUT2D eigenvalue weighted by Crippen LogP contribution is -2.33. The van der Waals surface area contributed by atoms with E-state index in [1.165, 1.54) is 11.3 Å². The first-order chi connectivity index (χ1) is 9.63. The Hall–Kier alpha value is -1.67. The Morgan fingerprint density at radius 2 is 2.05 bits per heavy atom. The van der Waals surface area contributed by atoms with Gasteiger partial charge in [-0.05, 0) is 47.7 Å². The van der Waals surface area contributed by atoms with E-state index >= 15 is 0 Å². The lowest BCUT2D eigenvalue weighted by atomic mass is 9.93. The van der Waals surface area contributed by atoms with Gasteiger partial charge >= 0.3 is 0 Å². The molecule has 2 aromatic carbocycles. The van der Waals surface area contributed by atoms with Crippen molar-refractivity contribution in [3.8, 4) is 0 Å². The minimum Gasteiger partial charge on any atom is -0.398 e. The summed E-state index contributed by atoms with van der Waals surface area (Å²) >= 11 is 6.09. The van der Waals surface area contributed by atoms with Gasteiger partial charge in [0.25, 0.3) is 0 Å². The van der Waals surface area contributed by atoms with Gasteiger partial charge < -0.3 is 10.6 Å². The minimum absolute atomic E-state index is 0.658. The smallest absolute Gasteiger partial charge is 0.0450 e. The standard InChI is InChI=1S/C17H19ClN2/c1-12-8-13-4-2-3-5-17(13)20(10-12)11-14-9-15(18)6-7-16(14)19/h2-7,9,12H,8,10-11,19H2,1H3. The van der Waals surface area contributed by atoms with E-state index in [-0.39, 0.29) is 0 Å². The van der Waals surface area contributed by atoms with Gasteiger partial charge in [-0.1, -0.05) is 36.7 Å². The second-order valence-electron chi connectivity index (χ2n) is 5.66. The van der Waals surface area contributed by atoms with Crippen LogP contribution in [0.4, 0.5) is 11.4 Å². The topological polar surface area (TPSA) is 29.3 Å². The molecular formula is C17H19ClN2. The Morgan fingerprint density at radius 3 is 2.90 bits per heavy atom. The second kappa shape index (κ2) is 5.37. The number of nitrogen functional groups attached to an aromatic ring is 1. The maximum atomic E-state index is 6.09. The lowest BCUT2D eigenvalue weighted by molar-refractivity contribution is 0.530. The normalized spacial score (nSPS) is 17.9. The number of fused-ring (bicyclic) bond motifs is 1. The molecule has 1 aliphatic heterocycles. The fourth-order valence-electron chi connectivity index (χ4n) is 2.97. The lowest BCUT2D eigenvalue weighted by Gasteiger charge is -2.35. The van der Waals surface area contributed by atoms with Crippen LogP contribution in [0.3, 0.4) is 0 Å². The average molecular weight is 287 g/mol. The van der Waals surface area contributed by atoms with Crippen LogP contribution in [0.5, 0.6) is 0 Å². The van der Waals surface area contributed by atoms with Crippen LogP contribution in [0.2, 0.25) is 5.02 Å². The van der Waals surface area contributed by atoms with Gasteiger partial charge in [0.1, 0.15) is 0 Å². The quantitative estimate of drug-likeness (QED) is 0.842. The highest BCUT2D eigenvalue weighted by atomic mass is 35.5. The molecule has 3 heteroatoms. The fourth-order valence-corrected chi connectivity index (χ4v) is 3.17. The zero-order valence-corrected chi connectivity index (χ0v) is 12.4. The molecule has 3 rings (SSSR count). The minimum atomic E-state index is 0.658. The summed E-state index contributed by atoms with van der Waals surface area (Å²) < 4.78 is 0. The molecule has 0 spiro atoms.